The van der Waals surface area contributed by atoms with Gasteiger partial charge in [-0.2, -0.15) is 4.31 Å². The number of nitrogens with zero attached hydrogens (tertiary/aromatic N) is 1. The second-order valence-corrected chi connectivity index (χ2v) is 9.43. The number of carbonyl (C=O) groups excluding carboxylic acids is 1. The highest BCUT2D eigenvalue weighted by Crippen LogP contribution is 2.24. The molecule has 0 saturated carbocycles. The molecule has 2 aromatic rings. The number of rotatable bonds is 9. The van der Waals surface area contributed by atoms with Crippen LogP contribution in [0.4, 0.5) is 5.69 Å². The van der Waals surface area contributed by atoms with E-state index >= 15 is 0 Å². The fraction of sp³-hybridized carbons (Fsp3) is 0.435. The molecule has 8 heteroatoms. The summed E-state index contributed by atoms with van der Waals surface area (Å²) < 4.78 is 38.4. The van der Waals surface area contributed by atoms with Crippen LogP contribution in [0, 0.1) is 6.92 Å². The normalized spacial score (nSPS) is 16.5. The molecule has 1 amide bonds. The Morgan fingerprint density at radius 1 is 1.19 bits per heavy atom. The highest BCUT2D eigenvalue weighted by atomic mass is 32.2. The summed E-state index contributed by atoms with van der Waals surface area (Å²) in [5.74, 6) is 0.265. The van der Waals surface area contributed by atoms with Crippen molar-refractivity contribution in [3.8, 4) is 5.75 Å². The van der Waals surface area contributed by atoms with Gasteiger partial charge in [-0.15, -0.1) is 0 Å². The van der Waals surface area contributed by atoms with Crippen LogP contribution >= 0.6 is 0 Å². The van der Waals surface area contributed by atoms with E-state index in [4.69, 9.17) is 9.47 Å². The molecule has 1 N–H and O–H groups in total. The summed E-state index contributed by atoms with van der Waals surface area (Å²) in [6, 6.07) is 11.7. The van der Waals surface area contributed by atoms with Crippen molar-refractivity contribution >= 4 is 21.6 Å². The molecular weight excluding hydrogens is 416 g/mol. The number of ether oxygens (including phenoxy) is 2. The van der Waals surface area contributed by atoms with Crippen molar-refractivity contribution in [2.45, 2.75) is 44.6 Å². The third-order valence-electron chi connectivity index (χ3n) is 5.36. The lowest BCUT2D eigenvalue weighted by molar-refractivity contribution is 0.0679. The minimum Gasteiger partial charge on any atom is -0.491 e. The summed E-state index contributed by atoms with van der Waals surface area (Å²) >= 11 is 0. The number of anilines is 1. The van der Waals surface area contributed by atoms with E-state index in [1.165, 1.54) is 10.4 Å². The minimum atomic E-state index is -3.61. The lowest BCUT2D eigenvalue weighted by Gasteiger charge is -2.19. The van der Waals surface area contributed by atoms with Gasteiger partial charge in [0.15, 0.2) is 0 Å². The van der Waals surface area contributed by atoms with Crippen molar-refractivity contribution < 1.29 is 22.7 Å². The first-order chi connectivity index (χ1) is 14.8. The van der Waals surface area contributed by atoms with Crippen LogP contribution in [-0.2, 0) is 14.8 Å². The maximum Gasteiger partial charge on any atom is 0.255 e. The molecule has 3 rings (SSSR count). The maximum absolute atomic E-state index is 12.8. The first-order valence-electron chi connectivity index (χ1n) is 10.6. The second kappa shape index (κ2) is 10.3. The molecule has 0 spiro atoms. The van der Waals surface area contributed by atoms with Crippen LogP contribution in [0.1, 0.15) is 42.6 Å². The van der Waals surface area contributed by atoms with Gasteiger partial charge in [0.25, 0.3) is 5.91 Å². The highest BCUT2D eigenvalue weighted by Gasteiger charge is 2.23. The molecule has 1 aliphatic heterocycles. The second-order valence-electron chi connectivity index (χ2n) is 7.49. The molecule has 31 heavy (non-hydrogen) atoms. The summed E-state index contributed by atoms with van der Waals surface area (Å²) in [6.07, 6.45) is 2.11. The Hall–Kier alpha value is -2.42. The monoisotopic (exact) mass is 446 g/mol. The lowest BCUT2D eigenvalue weighted by atomic mass is 10.1. The van der Waals surface area contributed by atoms with E-state index in [2.05, 4.69) is 5.32 Å². The molecule has 1 heterocycles. The van der Waals surface area contributed by atoms with Gasteiger partial charge in [-0.3, -0.25) is 4.79 Å². The van der Waals surface area contributed by atoms with Crippen LogP contribution in [0.3, 0.4) is 0 Å². The Bertz CT molecular complexity index is 1010. The number of carbonyl (C=O) groups is 1. The van der Waals surface area contributed by atoms with Crippen molar-refractivity contribution in [2.24, 2.45) is 0 Å². The molecule has 1 saturated heterocycles. The van der Waals surface area contributed by atoms with Crippen LogP contribution in [0.15, 0.2) is 47.4 Å². The van der Waals surface area contributed by atoms with E-state index in [1.54, 1.807) is 50.2 Å². The lowest BCUT2D eigenvalue weighted by Crippen LogP contribution is -2.30. The van der Waals surface area contributed by atoms with Gasteiger partial charge in [0, 0.05) is 30.9 Å². The Kier molecular flexibility index (Phi) is 7.69. The fourth-order valence-corrected chi connectivity index (χ4v) is 4.98. The molecule has 2 aromatic carbocycles. The van der Waals surface area contributed by atoms with Gasteiger partial charge >= 0.3 is 0 Å². The van der Waals surface area contributed by atoms with E-state index in [0.29, 0.717) is 36.7 Å². The molecule has 0 bridgehead atoms. The zero-order valence-corrected chi connectivity index (χ0v) is 19.1. The van der Waals surface area contributed by atoms with E-state index in [9.17, 15) is 13.2 Å². The van der Waals surface area contributed by atoms with Crippen molar-refractivity contribution in [3.63, 3.8) is 0 Å². The van der Waals surface area contributed by atoms with E-state index < -0.39 is 10.0 Å². The number of aryl methyl sites for hydroxylation is 1. The van der Waals surface area contributed by atoms with E-state index in [0.717, 1.165) is 25.0 Å². The molecular formula is C23H30N2O5S. The average Bonchev–Trinajstić information content (AvgIpc) is 3.28. The molecule has 0 radical (unpaired) electrons. The maximum atomic E-state index is 12.8. The van der Waals surface area contributed by atoms with E-state index in [1.807, 2.05) is 6.92 Å². The Morgan fingerprint density at radius 3 is 2.65 bits per heavy atom. The molecule has 0 aliphatic carbocycles. The first kappa shape index (κ1) is 23.2. The number of nitrogens with one attached hydrogen (secondary N) is 1. The molecule has 0 aromatic heterocycles. The number of benzene rings is 2. The van der Waals surface area contributed by atoms with Gasteiger partial charge < -0.3 is 14.8 Å². The standard InChI is InChI=1S/C23H30N2O5S/c1-4-25(5-2)31(27,28)21-12-11-17(3)22(15-21)24-23(26)18-8-6-9-19(14-18)30-16-20-10-7-13-29-20/h6,8-9,11-12,14-15,20H,4-5,7,10,13,16H2,1-3H3,(H,24,26). The predicted octanol–water partition coefficient (Wildman–Crippen LogP) is 3.84. The summed E-state index contributed by atoms with van der Waals surface area (Å²) in [4.78, 5) is 13.0. The molecule has 7 nitrogen and oxygen atoms in total. The topological polar surface area (TPSA) is 84.9 Å². The molecule has 1 unspecified atom stereocenters. The third kappa shape index (κ3) is 5.64. The molecule has 1 aliphatic rings. The third-order valence-corrected chi connectivity index (χ3v) is 7.40. The predicted molar refractivity (Wildman–Crippen MR) is 120 cm³/mol. The number of hydrogen-bond donors (Lipinski definition) is 1. The zero-order chi connectivity index (χ0) is 22.4. The number of amides is 1. The Morgan fingerprint density at radius 2 is 1.97 bits per heavy atom. The molecule has 168 valence electrons. The Balaban J connectivity index is 1.75. The molecule has 1 atom stereocenters. The smallest absolute Gasteiger partial charge is 0.255 e. The summed E-state index contributed by atoms with van der Waals surface area (Å²) in [5.41, 5.74) is 1.67. The van der Waals surface area contributed by atoms with Crippen molar-refractivity contribution in [2.75, 3.05) is 31.6 Å². The van der Waals surface area contributed by atoms with Gasteiger partial charge in [0.1, 0.15) is 12.4 Å². The van der Waals surface area contributed by atoms with Gasteiger partial charge in [-0.25, -0.2) is 8.42 Å². The van der Waals surface area contributed by atoms with Gasteiger partial charge in [0.05, 0.1) is 11.0 Å². The minimum absolute atomic E-state index is 0.0932. The van der Waals surface area contributed by atoms with Crippen molar-refractivity contribution in [3.05, 3.63) is 53.6 Å². The summed E-state index contributed by atoms with van der Waals surface area (Å²) in [5, 5.41) is 2.84. The molecule has 1 fully saturated rings. The zero-order valence-electron chi connectivity index (χ0n) is 18.3. The van der Waals surface area contributed by atoms with Crippen LogP contribution in [0.25, 0.3) is 0 Å². The Labute approximate surface area is 184 Å². The van der Waals surface area contributed by atoms with Crippen LogP contribution < -0.4 is 10.1 Å². The van der Waals surface area contributed by atoms with Crippen LogP contribution in [0.2, 0.25) is 0 Å². The number of hydrogen-bond acceptors (Lipinski definition) is 5. The SMILES string of the molecule is CCN(CC)S(=O)(=O)c1ccc(C)c(NC(=O)c2cccc(OCC3CCCO3)c2)c1. The first-order valence-corrected chi connectivity index (χ1v) is 12.1. The summed E-state index contributed by atoms with van der Waals surface area (Å²) in [6.45, 7) is 7.40. The van der Waals surface area contributed by atoms with Gasteiger partial charge in [-0.05, 0) is 55.7 Å². The highest BCUT2D eigenvalue weighted by molar-refractivity contribution is 7.89. The van der Waals surface area contributed by atoms with Crippen LogP contribution in [0.5, 0.6) is 5.75 Å². The largest absolute Gasteiger partial charge is 0.491 e. The summed E-state index contributed by atoms with van der Waals surface area (Å²) in [7, 11) is -3.61. The van der Waals surface area contributed by atoms with Crippen molar-refractivity contribution in [1.82, 2.24) is 4.31 Å². The number of sulfonamides is 1. The quantitative estimate of drug-likeness (QED) is 0.633. The average molecular weight is 447 g/mol. The van der Waals surface area contributed by atoms with Gasteiger partial charge in [0.2, 0.25) is 10.0 Å². The van der Waals surface area contributed by atoms with E-state index in [-0.39, 0.29) is 16.9 Å². The van der Waals surface area contributed by atoms with Gasteiger partial charge in [-0.1, -0.05) is 26.0 Å². The van der Waals surface area contributed by atoms with Crippen LogP contribution in [-0.4, -0.2) is 51.0 Å². The fourth-order valence-electron chi connectivity index (χ4n) is 3.50. The van der Waals surface area contributed by atoms with Crippen molar-refractivity contribution in [1.29, 1.82) is 0 Å².